The molecule has 0 bridgehead atoms. The third kappa shape index (κ3) is 10.6. The number of nitrogens with zero attached hydrogens (tertiary/aromatic N) is 2. The van der Waals surface area contributed by atoms with Gasteiger partial charge >= 0.3 is 5.97 Å². The van der Waals surface area contributed by atoms with Crippen molar-refractivity contribution in [3.63, 3.8) is 0 Å². The number of thiocarbonyl (C=S) groups is 2. The van der Waals surface area contributed by atoms with Gasteiger partial charge in [-0.05, 0) is 44.7 Å². The van der Waals surface area contributed by atoms with Crippen molar-refractivity contribution in [3.05, 3.63) is 0 Å². The molecule has 0 aromatic heterocycles. The Balaban J connectivity index is 4.11. The van der Waals surface area contributed by atoms with Crippen molar-refractivity contribution in [2.45, 2.75) is 26.7 Å². The number of hydrogen-bond donors (Lipinski definition) is 5. The van der Waals surface area contributed by atoms with E-state index in [-0.39, 0.29) is 6.42 Å². The Morgan fingerprint density at radius 3 is 2.10 bits per heavy atom. The molecule has 8 nitrogen and oxygen atoms in total. The van der Waals surface area contributed by atoms with Crippen LogP contribution in [0.25, 0.3) is 0 Å². The van der Waals surface area contributed by atoms with Gasteiger partial charge in [0.2, 0.25) is 0 Å². The van der Waals surface area contributed by atoms with Crippen LogP contribution in [0.2, 0.25) is 0 Å². The summed E-state index contributed by atoms with van der Waals surface area (Å²) in [5, 5.41) is 22.9. The van der Waals surface area contributed by atoms with E-state index in [1.54, 1.807) is 20.9 Å². The summed E-state index contributed by atoms with van der Waals surface area (Å²) in [5.41, 5.74) is 6.59. The third-order valence-electron chi connectivity index (χ3n) is 2.25. The number of aliphatic carboxylic acids is 1. The summed E-state index contributed by atoms with van der Waals surface area (Å²) < 4.78 is 0. The van der Waals surface area contributed by atoms with Gasteiger partial charge in [-0.1, -0.05) is 0 Å². The number of hydrazone groups is 2. The van der Waals surface area contributed by atoms with Gasteiger partial charge in [0.15, 0.2) is 10.2 Å². The highest BCUT2D eigenvalue weighted by molar-refractivity contribution is 7.80. The molecule has 0 radical (unpaired) electrons. The first-order chi connectivity index (χ1) is 9.86. The Labute approximate surface area is 134 Å². The summed E-state index contributed by atoms with van der Waals surface area (Å²) in [7, 11) is 1.69. The fourth-order valence-corrected chi connectivity index (χ4v) is 1.16. The first kappa shape index (κ1) is 19.2. The smallest absolute Gasteiger partial charge is 0.303 e. The van der Waals surface area contributed by atoms with Crippen molar-refractivity contribution >= 4 is 52.1 Å². The van der Waals surface area contributed by atoms with E-state index in [4.69, 9.17) is 29.5 Å². The Bertz CT molecular complexity index is 450. The fraction of sp³-hybridized carbons (Fsp3) is 0.545. The van der Waals surface area contributed by atoms with E-state index in [9.17, 15) is 4.79 Å². The topological polar surface area (TPSA) is 110 Å². The zero-order valence-electron chi connectivity index (χ0n) is 12.2. The molecule has 0 heterocycles. The monoisotopic (exact) mass is 332 g/mol. The molecule has 0 aliphatic carbocycles. The van der Waals surface area contributed by atoms with E-state index in [0.717, 1.165) is 0 Å². The van der Waals surface area contributed by atoms with Gasteiger partial charge in [0.05, 0.1) is 11.4 Å². The lowest BCUT2D eigenvalue weighted by molar-refractivity contribution is -0.137. The van der Waals surface area contributed by atoms with Crippen LogP contribution >= 0.6 is 24.4 Å². The molecule has 0 atom stereocenters. The summed E-state index contributed by atoms with van der Waals surface area (Å²) in [6.07, 6.45) is 0.590. The van der Waals surface area contributed by atoms with Gasteiger partial charge in [-0.15, -0.1) is 0 Å². The van der Waals surface area contributed by atoms with Crippen molar-refractivity contribution in [1.82, 2.24) is 21.5 Å². The van der Waals surface area contributed by atoms with E-state index in [1.165, 1.54) is 0 Å². The molecule has 0 aromatic carbocycles. The van der Waals surface area contributed by atoms with Crippen molar-refractivity contribution in [2.75, 3.05) is 13.6 Å². The Kier molecular flexibility index (Phi) is 9.98. The summed E-state index contributed by atoms with van der Waals surface area (Å²) in [5.74, 6) is -0.830. The van der Waals surface area contributed by atoms with Gasteiger partial charge < -0.3 is 15.7 Å². The molecular weight excluding hydrogens is 312 g/mol. The van der Waals surface area contributed by atoms with E-state index in [0.29, 0.717) is 34.6 Å². The SMILES string of the molecule is CNC(=S)N/N=C(C)/C(C)=N/NC(=S)NCCCC(=O)O. The van der Waals surface area contributed by atoms with Gasteiger partial charge in [-0.3, -0.25) is 15.6 Å². The molecule has 0 aromatic rings. The molecule has 0 rings (SSSR count). The first-order valence-electron chi connectivity index (χ1n) is 6.19. The van der Waals surface area contributed by atoms with Gasteiger partial charge in [0, 0.05) is 20.0 Å². The molecule has 0 saturated heterocycles. The second-order valence-corrected chi connectivity index (χ2v) is 4.77. The highest BCUT2D eigenvalue weighted by atomic mass is 32.1. The van der Waals surface area contributed by atoms with Crippen molar-refractivity contribution in [3.8, 4) is 0 Å². The molecule has 118 valence electrons. The molecule has 5 N–H and O–H groups in total. The fourth-order valence-electron chi connectivity index (χ4n) is 0.968. The lowest BCUT2D eigenvalue weighted by Gasteiger charge is -2.07. The van der Waals surface area contributed by atoms with Crippen LogP contribution in [-0.4, -0.2) is 46.3 Å². The zero-order valence-corrected chi connectivity index (χ0v) is 13.8. The molecule has 0 aliphatic rings. The maximum Gasteiger partial charge on any atom is 0.303 e. The summed E-state index contributed by atoms with van der Waals surface area (Å²) >= 11 is 9.89. The van der Waals surface area contributed by atoms with E-state index in [1.807, 2.05) is 0 Å². The Morgan fingerprint density at radius 1 is 1.10 bits per heavy atom. The van der Waals surface area contributed by atoms with Crippen LogP contribution in [0.3, 0.4) is 0 Å². The van der Waals surface area contributed by atoms with E-state index >= 15 is 0 Å². The van der Waals surface area contributed by atoms with Crippen molar-refractivity contribution < 1.29 is 9.90 Å². The molecule has 21 heavy (non-hydrogen) atoms. The largest absolute Gasteiger partial charge is 0.481 e. The average molecular weight is 332 g/mol. The highest BCUT2D eigenvalue weighted by Gasteiger charge is 2.00. The van der Waals surface area contributed by atoms with Gasteiger partial charge in [-0.25, -0.2) is 0 Å². The maximum atomic E-state index is 10.3. The lowest BCUT2D eigenvalue weighted by Crippen LogP contribution is -2.34. The highest BCUT2D eigenvalue weighted by Crippen LogP contribution is 1.86. The van der Waals surface area contributed by atoms with Crippen LogP contribution in [-0.2, 0) is 4.79 Å². The maximum absolute atomic E-state index is 10.3. The number of nitrogens with one attached hydrogen (secondary N) is 4. The van der Waals surface area contributed by atoms with E-state index < -0.39 is 5.97 Å². The van der Waals surface area contributed by atoms with Crippen LogP contribution in [0.5, 0.6) is 0 Å². The van der Waals surface area contributed by atoms with Crippen LogP contribution in [0.15, 0.2) is 10.2 Å². The molecule has 0 amide bonds. The minimum Gasteiger partial charge on any atom is -0.481 e. The number of carboxylic acids is 1. The molecular formula is C11H20N6O2S2. The van der Waals surface area contributed by atoms with Gasteiger partial charge in [0.25, 0.3) is 0 Å². The predicted octanol–water partition coefficient (Wildman–Crippen LogP) is 0.161. The summed E-state index contributed by atoms with van der Waals surface area (Å²) in [6, 6.07) is 0. The normalized spacial score (nSPS) is 11.6. The van der Waals surface area contributed by atoms with Crippen LogP contribution in [0.1, 0.15) is 26.7 Å². The van der Waals surface area contributed by atoms with Gasteiger partial charge in [-0.2, -0.15) is 10.2 Å². The molecule has 0 spiro atoms. The van der Waals surface area contributed by atoms with Crippen LogP contribution < -0.4 is 21.5 Å². The molecule has 0 saturated carbocycles. The second kappa shape index (κ2) is 10.9. The number of hydrogen-bond acceptors (Lipinski definition) is 5. The van der Waals surface area contributed by atoms with Gasteiger partial charge in [0.1, 0.15) is 0 Å². The Morgan fingerprint density at radius 2 is 1.62 bits per heavy atom. The number of rotatable bonds is 7. The molecule has 10 heteroatoms. The quantitative estimate of drug-likeness (QED) is 0.194. The van der Waals surface area contributed by atoms with Crippen LogP contribution in [0, 0.1) is 0 Å². The Hall–Kier alpha value is -1.81. The lowest BCUT2D eigenvalue weighted by atomic mass is 10.3. The average Bonchev–Trinajstić information content (AvgIpc) is 2.45. The number of carbonyl (C=O) groups is 1. The number of carboxylic acid groups (broad SMARTS) is 1. The zero-order chi connectivity index (χ0) is 16.3. The van der Waals surface area contributed by atoms with Crippen molar-refractivity contribution in [2.24, 2.45) is 10.2 Å². The molecule has 0 aliphatic heterocycles. The van der Waals surface area contributed by atoms with E-state index in [2.05, 4.69) is 31.7 Å². The second-order valence-electron chi connectivity index (χ2n) is 3.95. The minimum absolute atomic E-state index is 0.0979. The van der Waals surface area contributed by atoms with Crippen molar-refractivity contribution in [1.29, 1.82) is 0 Å². The molecule has 0 fully saturated rings. The standard InChI is InChI=1S/C11H20N6O2S2/c1-7(14-16-10(20)12-3)8(2)15-17-11(21)13-6-4-5-9(18)19/h4-6H2,1-3H3,(H,18,19)(H2,12,16,20)(H2,13,17,21)/b14-7+,15-8+. The predicted molar refractivity (Wildman–Crippen MR) is 91.6 cm³/mol. The summed E-state index contributed by atoms with van der Waals surface area (Å²) in [4.78, 5) is 10.3. The molecule has 0 unspecified atom stereocenters. The minimum atomic E-state index is -0.830. The summed E-state index contributed by atoms with van der Waals surface area (Å²) in [6.45, 7) is 4.01. The first-order valence-corrected chi connectivity index (χ1v) is 7.00. The third-order valence-corrected chi connectivity index (χ3v) is 2.78. The van der Waals surface area contributed by atoms with Crippen LogP contribution in [0.4, 0.5) is 0 Å².